The lowest BCUT2D eigenvalue weighted by Crippen LogP contribution is -2.34. The van der Waals surface area contributed by atoms with Gasteiger partial charge in [-0.25, -0.2) is 0 Å². The summed E-state index contributed by atoms with van der Waals surface area (Å²) in [5, 5.41) is 15.6. The highest BCUT2D eigenvalue weighted by atomic mass is 16.3. The van der Waals surface area contributed by atoms with Gasteiger partial charge in [-0.3, -0.25) is 9.78 Å². The van der Waals surface area contributed by atoms with Crippen LogP contribution in [0, 0.1) is 5.92 Å². The van der Waals surface area contributed by atoms with Gasteiger partial charge in [-0.15, -0.1) is 0 Å². The van der Waals surface area contributed by atoms with E-state index in [0.29, 0.717) is 0 Å². The number of carbonyl (C=O) groups is 1. The van der Waals surface area contributed by atoms with Crippen LogP contribution in [0.4, 0.5) is 0 Å². The Bertz CT molecular complexity index is 877. The Labute approximate surface area is 153 Å². The number of aromatic nitrogens is 1. The van der Waals surface area contributed by atoms with Gasteiger partial charge in [-0.05, 0) is 39.9 Å². The molecular formula is C22H24N2O2. The van der Waals surface area contributed by atoms with Crippen molar-refractivity contribution in [3.05, 3.63) is 78.1 Å². The molecule has 1 aromatic heterocycles. The Hall–Kier alpha value is -2.72. The number of aliphatic hydroxyl groups is 1. The monoisotopic (exact) mass is 348 g/mol. The van der Waals surface area contributed by atoms with Crippen molar-refractivity contribution in [1.82, 2.24) is 10.3 Å². The molecule has 2 aromatic carbocycles. The minimum Gasteiger partial charge on any atom is -0.387 e. The molecule has 0 spiro atoms. The second-order valence-corrected chi connectivity index (χ2v) is 6.88. The molecule has 134 valence electrons. The molecule has 0 radical (unpaired) electrons. The van der Waals surface area contributed by atoms with Crippen LogP contribution in [0.2, 0.25) is 0 Å². The van der Waals surface area contributed by atoms with Gasteiger partial charge >= 0.3 is 0 Å². The third-order valence-electron chi connectivity index (χ3n) is 4.62. The van der Waals surface area contributed by atoms with Crippen molar-refractivity contribution < 1.29 is 9.90 Å². The van der Waals surface area contributed by atoms with Crippen molar-refractivity contribution >= 4 is 16.7 Å². The quantitative estimate of drug-likeness (QED) is 0.712. The highest BCUT2D eigenvalue weighted by Crippen LogP contribution is 2.24. The van der Waals surface area contributed by atoms with Gasteiger partial charge in [0.15, 0.2) is 0 Å². The van der Waals surface area contributed by atoms with Gasteiger partial charge in [0.25, 0.3) is 0 Å². The van der Waals surface area contributed by atoms with E-state index in [1.807, 2.05) is 68.4 Å². The van der Waals surface area contributed by atoms with Crippen molar-refractivity contribution in [2.75, 3.05) is 6.54 Å². The number of hydrogen-bond acceptors (Lipinski definition) is 3. The van der Waals surface area contributed by atoms with Gasteiger partial charge in [0.2, 0.25) is 5.91 Å². The van der Waals surface area contributed by atoms with Crippen LogP contribution in [0.15, 0.2) is 67.0 Å². The average Bonchev–Trinajstić information content (AvgIpc) is 2.66. The summed E-state index contributed by atoms with van der Waals surface area (Å²) in [6.45, 7) is 4.20. The Kier molecular flexibility index (Phi) is 5.64. The number of fused-ring (bicyclic) bond motifs is 1. The molecule has 4 heteroatoms. The number of hydrogen-bond donors (Lipinski definition) is 2. The first kappa shape index (κ1) is 18.1. The number of amides is 1. The maximum atomic E-state index is 12.7. The molecule has 1 amide bonds. The molecule has 1 heterocycles. The number of rotatable bonds is 6. The van der Waals surface area contributed by atoms with Gasteiger partial charge in [0, 0.05) is 18.9 Å². The molecule has 0 aliphatic carbocycles. The van der Waals surface area contributed by atoms with E-state index in [1.165, 1.54) is 0 Å². The molecule has 0 bridgehead atoms. The molecule has 4 nitrogen and oxygen atoms in total. The molecule has 0 fully saturated rings. The molecule has 0 unspecified atom stereocenters. The zero-order valence-corrected chi connectivity index (χ0v) is 15.1. The Morgan fingerprint density at radius 1 is 1.04 bits per heavy atom. The second-order valence-electron chi connectivity index (χ2n) is 6.88. The fourth-order valence-electron chi connectivity index (χ4n) is 3.24. The van der Waals surface area contributed by atoms with Crippen molar-refractivity contribution in [2.24, 2.45) is 5.92 Å². The molecule has 0 aliphatic rings. The third kappa shape index (κ3) is 4.09. The molecule has 3 rings (SSSR count). The average molecular weight is 348 g/mol. The first-order chi connectivity index (χ1) is 12.6. The fraction of sp³-hybridized carbons (Fsp3) is 0.273. The highest BCUT2D eigenvalue weighted by Gasteiger charge is 2.24. The largest absolute Gasteiger partial charge is 0.387 e. The lowest BCUT2D eigenvalue weighted by molar-refractivity contribution is -0.124. The van der Waals surface area contributed by atoms with Crippen LogP contribution in [-0.4, -0.2) is 22.5 Å². The smallest absolute Gasteiger partial charge is 0.227 e. The maximum absolute atomic E-state index is 12.7. The van der Waals surface area contributed by atoms with E-state index in [4.69, 9.17) is 0 Å². The highest BCUT2D eigenvalue weighted by molar-refractivity contribution is 5.84. The third-order valence-corrected chi connectivity index (χ3v) is 4.62. The predicted octanol–water partition coefficient (Wildman–Crippen LogP) is 3.82. The Morgan fingerprint density at radius 3 is 2.50 bits per heavy atom. The molecular weight excluding hydrogens is 324 g/mol. The normalized spacial score (nSPS) is 13.5. The molecule has 0 saturated heterocycles. The second kappa shape index (κ2) is 8.11. The van der Waals surface area contributed by atoms with E-state index < -0.39 is 6.10 Å². The summed E-state index contributed by atoms with van der Waals surface area (Å²) in [5.41, 5.74) is 1.69. The number of nitrogens with zero attached hydrogens (tertiary/aromatic N) is 1. The fourth-order valence-corrected chi connectivity index (χ4v) is 3.24. The van der Waals surface area contributed by atoms with Gasteiger partial charge in [-0.1, -0.05) is 56.3 Å². The Morgan fingerprint density at radius 2 is 1.81 bits per heavy atom. The maximum Gasteiger partial charge on any atom is 0.227 e. The van der Waals surface area contributed by atoms with Crippen LogP contribution in [0.25, 0.3) is 10.8 Å². The molecule has 2 atom stereocenters. The number of aliphatic hydroxyl groups excluding tert-OH is 1. The minimum absolute atomic E-state index is 0.0900. The number of nitrogens with one attached hydrogen (secondary N) is 1. The van der Waals surface area contributed by atoms with E-state index in [1.54, 1.807) is 12.4 Å². The first-order valence-electron chi connectivity index (χ1n) is 8.90. The van der Waals surface area contributed by atoms with Crippen LogP contribution >= 0.6 is 0 Å². The van der Waals surface area contributed by atoms with E-state index in [9.17, 15) is 9.90 Å². The van der Waals surface area contributed by atoms with Crippen LogP contribution in [-0.2, 0) is 4.79 Å². The standard InChI is InChI=1S/C22H24N2O2/c1-15(2)21(19-8-5-11-23-13-19)22(26)24-14-20(25)18-10-9-16-6-3-4-7-17(16)12-18/h3-13,15,20-21,25H,14H2,1-2H3,(H,24,26)/t20-,21-/m1/s1. The van der Waals surface area contributed by atoms with E-state index in [0.717, 1.165) is 21.9 Å². The molecule has 3 aromatic rings. The summed E-state index contributed by atoms with van der Waals surface area (Å²) in [6, 6.07) is 17.6. The number of benzene rings is 2. The molecule has 0 aliphatic heterocycles. The lowest BCUT2D eigenvalue weighted by Gasteiger charge is -2.21. The molecule has 26 heavy (non-hydrogen) atoms. The molecule has 2 N–H and O–H groups in total. The Balaban J connectivity index is 1.69. The summed E-state index contributed by atoms with van der Waals surface area (Å²) in [4.78, 5) is 16.8. The summed E-state index contributed by atoms with van der Waals surface area (Å²) < 4.78 is 0. The topological polar surface area (TPSA) is 62.2 Å². The van der Waals surface area contributed by atoms with Crippen LogP contribution in [0.1, 0.15) is 37.0 Å². The minimum atomic E-state index is -0.745. The summed E-state index contributed by atoms with van der Waals surface area (Å²) in [7, 11) is 0. The summed E-state index contributed by atoms with van der Waals surface area (Å²) >= 11 is 0. The zero-order chi connectivity index (χ0) is 18.5. The van der Waals surface area contributed by atoms with E-state index in [2.05, 4.69) is 10.3 Å². The summed E-state index contributed by atoms with van der Waals surface area (Å²) in [5.74, 6) is -0.239. The van der Waals surface area contributed by atoms with Crippen molar-refractivity contribution in [3.63, 3.8) is 0 Å². The van der Waals surface area contributed by atoms with Gasteiger partial charge in [-0.2, -0.15) is 0 Å². The van der Waals surface area contributed by atoms with Gasteiger partial charge in [0.1, 0.15) is 0 Å². The van der Waals surface area contributed by atoms with Crippen molar-refractivity contribution in [3.8, 4) is 0 Å². The zero-order valence-electron chi connectivity index (χ0n) is 15.1. The predicted molar refractivity (Wildman–Crippen MR) is 104 cm³/mol. The van der Waals surface area contributed by atoms with Crippen molar-refractivity contribution in [2.45, 2.75) is 25.9 Å². The molecule has 0 saturated carbocycles. The van der Waals surface area contributed by atoms with Crippen LogP contribution in [0.5, 0.6) is 0 Å². The SMILES string of the molecule is CC(C)[C@@H](C(=O)NC[C@@H](O)c1ccc2ccccc2c1)c1cccnc1. The van der Waals surface area contributed by atoms with Gasteiger partial charge in [0.05, 0.1) is 12.0 Å². The summed E-state index contributed by atoms with van der Waals surface area (Å²) in [6.07, 6.45) is 2.68. The number of pyridine rings is 1. The first-order valence-corrected chi connectivity index (χ1v) is 8.90. The van der Waals surface area contributed by atoms with Crippen molar-refractivity contribution in [1.29, 1.82) is 0 Å². The van der Waals surface area contributed by atoms with E-state index in [-0.39, 0.29) is 24.3 Å². The lowest BCUT2D eigenvalue weighted by atomic mass is 9.88. The van der Waals surface area contributed by atoms with Crippen LogP contribution < -0.4 is 5.32 Å². The number of carbonyl (C=O) groups excluding carboxylic acids is 1. The van der Waals surface area contributed by atoms with Gasteiger partial charge < -0.3 is 10.4 Å². The van der Waals surface area contributed by atoms with Crippen LogP contribution in [0.3, 0.4) is 0 Å². The van der Waals surface area contributed by atoms with E-state index >= 15 is 0 Å².